The predicted octanol–water partition coefficient (Wildman–Crippen LogP) is 6.06. The van der Waals surface area contributed by atoms with E-state index in [-0.39, 0.29) is 23.8 Å². The topological polar surface area (TPSA) is 96.0 Å². The van der Waals surface area contributed by atoms with Crippen molar-refractivity contribution in [2.24, 2.45) is 0 Å². The standard InChI is InChI=1S/C37H43N3O5S/c1-27-20-21-31(22-28(27)2)40(46(43,44)33-18-11-8-12-19-33)26-35(41)39(25-30-16-13-17-32(23-30)45-6)34(36(42)38-37(3,4)5)24-29-14-9-7-10-15-29/h7-23,34H,24-26H2,1-6H3,(H,38,42)/t34-/m0/s1. The number of aryl methyl sites for hydroxylation is 2. The molecule has 0 aliphatic rings. The lowest BCUT2D eigenvalue weighted by molar-refractivity contribution is -0.140. The van der Waals surface area contributed by atoms with E-state index in [9.17, 15) is 18.0 Å². The van der Waals surface area contributed by atoms with Crippen LogP contribution in [-0.2, 0) is 32.6 Å². The molecule has 4 aromatic rings. The minimum atomic E-state index is -4.16. The lowest BCUT2D eigenvalue weighted by atomic mass is 10.0. The highest BCUT2D eigenvalue weighted by molar-refractivity contribution is 7.92. The second kappa shape index (κ2) is 14.6. The highest BCUT2D eigenvalue weighted by Gasteiger charge is 2.35. The van der Waals surface area contributed by atoms with Gasteiger partial charge < -0.3 is 15.0 Å². The van der Waals surface area contributed by atoms with Crippen molar-refractivity contribution < 1.29 is 22.7 Å². The molecular weight excluding hydrogens is 598 g/mol. The molecule has 1 atom stereocenters. The maximum atomic E-state index is 14.6. The Morgan fingerprint density at radius 3 is 2.04 bits per heavy atom. The third-order valence-corrected chi connectivity index (χ3v) is 9.43. The summed E-state index contributed by atoms with van der Waals surface area (Å²) in [5.41, 5.74) is 3.27. The van der Waals surface area contributed by atoms with E-state index in [4.69, 9.17) is 4.74 Å². The lowest BCUT2D eigenvalue weighted by Gasteiger charge is -2.35. The van der Waals surface area contributed by atoms with E-state index in [2.05, 4.69) is 5.32 Å². The minimum absolute atomic E-state index is 0.0528. The van der Waals surface area contributed by atoms with E-state index in [0.29, 0.717) is 11.4 Å². The number of carbonyl (C=O) groups is 2. The Hall–Kier alpha value is -4.63. The number of benzene rings is 4. The average molecular weight is 642 g/mol. The van der Waals surface area contributed by atoms with Crippen LogP contribution in [0.25, 0.3) is 0 Å². The van der Waals surface area contributed by atoms with E-state index < -0.39 is 34.1 Å². The molecule has 1 N–H and O–H groups in total. The second-order valence-corrected chi connectivity index (χ2v) is 14.3. The fourth-order valence-corrected chi connectivity index (χ4v) is 6.53. The highest BCUT2D eigenvalue weighted by atomic mass is 32.2. The SMILES string of the molecule is COc1cccc(CN(C(=O)CN(c2ccc(C)c(C)c2)S(=O)(=O)c2ccccc2)[C@@H](Cc2ccccc2)C(=O)NC(C)(C)C)c1. The van der Waals surface area contributed by atoms with Crippen LogP contribution in [-0.4, -0.2) is 50.4 Å². The molecule has 0 aliphatic carbocycles. The molecule has 0 heterocycles. The summed E-state index contributed by atoms with van der Waals surface area (Å²) in [6.07, 6.45) is 0.230. The number of rotatable bonds is 12. The zero-order chi connectivity index (χ0) is 33.5. The molecule has 0 aromatic heterocycles. The molecule has 0 aliphatic heterocycles. The van der Waals surface area contributed by atoms with Crippen LogP contribution < -0.4 is 14.4 Å². The molecule has 0 unspecified atom stereocenters. The van der Waals surface area contributed by atoms with E-state index in [1.807, 2.05) is 89.2 Å². The normalized spacial score (nSPS) is 12.2. The first-order valence-corrected chi connectivity index (χ1v) is 16.7. The molecule has 4 aromatic carbocycles. The molecule has 4 rings (SSSR count). The number of nitrogens with one attached hydrogen (secondary N) is 1. The van der Waals surface area contributed by atoms with Gasteiger partial charge in [-0.3, -0.25) is 13.9 Å². The number of carbonyl (C=O) groups excluding carboxylic acids is 2. The van der Waals surface area contributed by atoms with Gasteiger partial charge in [0.2, 0.25) is 11.8 Å². The maximum absolute atomic E-state index is 14.6. The van der Waals surface area contributed by atoms with E-state index in [0.717, 1.165) is 26.6 Å². The summed E-state index contributed by atoms with van der Waals surface area (Å²) in [4.78, 5) is 30.2. The van der Waals surface area contributed by atoms with Crippen LogP contribution in [0.4, 0.5) is 5.69 Å². The number of methoxy groups -OCH3 is 1. The minimum Gasteiger partial charge on any atom is -0.497 e. The van der Waals surface area contributed by atoms with Gasteiger partial charge in [-0.15, -0.1) is 0 Å². The van der Waals surface area contributed by atoms with Gasteiger partial charge in [-0.05, 0) is 93.3 Å². The van der Waals surface area contributed by atoms with Gasteiger partial charge in [-0.1, -0.05) is 66.7 Å². The summed E-state index contributed by atoms with van der Waals surface area (Å²) in [6, 6.07) is 29.2. The van der Waals surface area contributed by atoms with Crippen LogP contribution >= 0.6 is 0 Å². The van der Waals surface area contributed by atoms with E-state index >= 15 is 0 Å². The molecule has 242 valence electrons. The summed E-state index contributed by atoms with van der Waals surface area (Å²) in [6.45, 7) is 9.02. The first kappa shape index (κ1) is 34.2. The van der Waals surface area contributed by atoms with Crippen LogP contribution in [0.3, 0.4) is 0 Å². The molecule has 2 amide bonds. The molecule has 0 radical (unpaired) electrons. The van der Waals surface area contributed by atoms with Crippen molar-refractivity contribution in [3.63, 3.8) is 0 Å². The smallest absolute Gasteiger partial charge is 0.264 e. The first-order chi connectivity index (χ1) is 21.8. The van der Waals surface area contributed by atoms with Crippen LogP contribution in [0.1, 0.15) is 43.0 Å². The number of sulfonamides is 1. The predicted molar refractivity (Wildman–Crippen MR) is 182 cm³/mol. The fraction of sp³-hybridized carbons (Fsp3) is 0.297. The molecule has 0 saturated heterocycles. The van der Waals surface area contributed by atoms with Crippen LogP contribution in [0.2, 0.25) is 0 Å². The van der Waals surface area contributed by atoms with Crippen LogP contribution in [0.5, 0.6) is 5.75 Å². The van der Waals surface area contributed by atoms with Gasteiger partial charge in [0.15, 0.2) is 0 Å². The van der Waals surface area contributed by atoms with Gasteiger partial charge in [-0.2, -0.15) is 0 Å². The van der Waals surface area contributed by atoms with Crippen molar-refractivity contribution in [3.05, 3.63) is 125 Å². The Labute approximate surface area is 273 Å². The number of hydrogen-bond acceptors (Lipinski definition) is 5. The van der Waals surface area contributed by atoms with Gasteiger partial charge in [-0.25, -0.2) is 8.42 Å². The number of nitrogens with zero attached hydrogens (tertiary/aromatic N) is 2. The van der Waals surface area contributed by atoms with Crippen molar-refractivity contribution in [1.29, 1.82) is 0 Å². The zero-order valence-corrected chi connectivity index (χ0v) is 28.2. The van der Waals surface area contributed by atoms with Crippen LogP contribution in [0, 0.1) is 13.8 Å². The Bertz CT molecular complexity index is 1750. The van der Waals surface area contributed by atoms with Crippen molar-refractivity contribution in [3.8, 4) is 5.75 Å². The third kappa shape index (κ3) is 8.75. The fourth-order valence-electron chi connectivity index (χ4n) is 5.10. The Balaban J connectivity index is 1.84. The van der Waals surface area contributed by atoms with Crippen LogP contribution in [0.15, 0.2) is 108 Å². The number of ether oxygens (including phenoxy) is 1. The van der Waals surface area contributed by atoms with Gasteiger partial charge in [0, 0.05) is 18.5 Å². The average Bonchev–Trinajstić information content (AvgIpc) is 3.03. The lowest BCUT2D eigenvalue weighted by Crippen LogP contribution is -2.56. The highest BCUT2D eigenvalue weighted by Crippen LogP contribution is 2.27. The quantitative estimate of drug-likeness (QED) is 0.203. The number of anilines is 1. The summed E-state index contributed by atoms with van der Waals surface area (Å²) < 4.78 is 34.9. The zero-order valence-electron chi connectivity index (χ0n) is 27.4. The first-order valence-electron chi connectivity index (χ1n) is 15.2. The van der Waals surface area contributed by atoms with E-state index in [1.165, 1.54) is 17.0 Å². The molecular formula is C37H43N3O5S. The molecule has 0 bridgehead atoms. The van der Waals surface area contributed by atoms with Crippen molar-refractivity contribution in [2.45, 2.75) is 64.1 Å². The largest absolute Gasteiger partial charge is 0.497 e. The molecule has 0 spiro atoms. The third-order valence-electron chi connectivity index (χ3n) is 7.64. The Morgan fingerprint density at radius 2 is 1.43 bits per heavy atom. The van der Waals surface area contributed by atoms with Crippen molar-refractivity contribution in [2.75, 3.05) is 18.0 Å². The summed E-state index contributed by atoms with van der Waals surface area (Å²) >= 11 is 0. The Kier molecular flexibility index (Phi) is 10.9. The molecule has 0 saturated carbocycles. The molecule has 9 heteroatoms. The van der Waals surface area contributed by atoms with Crippen molar-refractivity contribution in [1.82, 2.24) is 10.2 Å². The number of hydrogen-bond donors (Lipinski definition) is 1. The van der Waals surface area contributed by atoms with Gasteiger partial charge >= 0.3 is 0 Å². The van der Waals surface area contributed by atoms with Gasteiger partial charge in [0.05, 0.1) is 17.7 Å². The number of amides is 2. The monoisotopic (exact) mass is 641 g/mol. The summed E-state index contributed by atoms with van der Waals surface area (Å²) in [5.74, 6) is -0.256. The van der Waals surface area contributed by atoms with Gasteiger partial charge in [0.1, 0.15) is 18.3 Å². The summed E-state index contributed by atoms with van der Waals surface area (Å²) in [5, 5.41) is 3.05. The van der Waals surface area contributed by atoms with Crippen molar-refractivity contribution >= 4 is 27.5 Å². The molecule has 8 nitrogen and oxygen atoms in total. The molecule has 0 fully saturated rings. The van der Waals surface area contributed by atoms with Gasteiger partial charge in [0.25, 0.3) is 10.0 Å². The Morgan fingerprint density at radius 1 is 0.804 bits per heavy atom. The maximum Gasteiger partial charge on any atom is 0.264 e. The van der Waals surface area contributed by atoms with E-state index in [1.54, 1.807) is 43.5 Å². The molecule has 46 heavy (non-hydrogen) atoms. The summed E-state index contributed by atoms with van der Waals surface area (Å²) in [7, 11) is -2.60. The second-order valence-electron chi connectivity index (χ2n) is 12.4.